The number of methoxy groups -OCH3 is 2. The monoisotopic (exact) mass is 530 g/mol. The highest BCUT2D eigenvalue weighted by Gasteiger charge is 2.17. The fraction of sp³-hybridized carbons (Fsp3) is 0.440. The number of benzene rings is 2. The zero-order chi connectivity index (χ0) is 23.5. The summed E-state index contributed by atoms with van der Waals surface area (Å²) in [5.74, 6) is 4.35. The lowest BCUT2D eigenvalue weighted by molar-refractivity contribution is 0.411. The minimum absolute atomic E-state index is 0.631. The molecule has 0 aliphatic rings. The van der Waals surface area contributed by atoms with Gasteiger partial charge in [-0.05, 0) is 84.7 Å². The molecule has 0 radical (unpaired) electrons. The third-order valence-corrected chi connectivity index (χ3v) is 7.48. The lowest BCUT2D eigenvalue weighted by atomic mass is 9.93. The minimum atomic E-state index is 0.631. The summed E-state index contributed by atoms with van der Waals surface area (Å²) < 4.78 is 11.2. The van der Waals surface area contributed by atoms with Crippen molar-refractivity contribution in [1.29, 1.82) is 0 Å². The fourth-order valence-electron chi connectivity index (χ4n) is 3.63. The smallest absolute Gasteiger partial charge is 0.141 e. The van der Waals surface area contributed by atoms with Crippen molar-refractivity contribution in [2.45, 2.75) is 30.8 Å². The van der Waals surface area contributed by atoms with E-state index in [1.165, 1.54) is 12.2 Å². The first-order valence-corrected chi connectivity index (χ1v) is 15.3. The zero-order valence-electron chi connectivity index (χ0n) is 19.4. The van der Waals surface area contributed by atoms with Gasteiger partial charge >= 0.3 is 0 Å². The number of halogens is 2. The number of ether oxygens (including phenoxy) is 2. The predicted octanol–water partition coefficient (Wildman–Crippen LogP) is 8.70. The molecule has 0 saturated carbocycles. The first-order valence-electron chi connectivity index (χ1n) is 10.4. The summed E-state index contributed by atoms with van der Waals surface area (Å²) in [4.78, 5) is 0. The molecule has 2 aromatic rings. The second-order valence-corrected chi connectivity index (χ2v) is 10.8. The molecule has 0 unspecified atom stereocenters. The lowest BCUT2D eigenvalue weighted by Gasteiger charge is -2.17. The molecule has 0 bridgehead atoms. The summed E-state index contributed by atoms with van der Waals surface area (Å²) in [6.07, 6.45) is 12.0. The summed E-state index contributed by atoms with van der Waals surface area (Å²) in [5, 5.41) is 1.26. The molecule has 7 heteroatoms. The van der Waals surface area contributed by atoms with Gasteiger partial charge in [0.15, 0.2) is 0 Å². The van der Waals surface area contributed by atoms with Crippen LogP contribution in [0.15, 0.2) is 30.3 Å². The molecule has 32 heavy (non-hydrogen) atoms. The van der Waals surface area contributed by atoms with Crippen LogP contribution in [0, 0.1) is 0 Å². The summed E-state index contributed by atoms with van der Waals surface area (Å²) >= 11 is 18.7. The van der Waals surface area contributed by atoms with E-state index >= 15 is 0 Å². The van der Waals surface area contributed by atoms with Gasteiger partial charge in [-0.3, -0.25) is 0 Å². The SMILES string of the molecule is COc1c(Cl)cc(C(=CCCCCSC)c2cc(Cl)c(OC)c(CSC)c2)cc1CSC. The van der Waals surface area contributed by atoms with Crippen LogP contribution in [0.3, 0.4) is 0 Å². The molecule has 0 aliphatic carbocycles. The third kappa shape index (κ3) is 7.46. The normalized spacial score (nSPS) is 10.8. The molecule has 2 rings (SSSR count). The summed E-state index contributed by atoms with van der Waals surface area (Å²) in [6, 6.07) is 8.40. The van der Waals surface area contributed by atoms with E-state index in [9.17, 15) is 0 Å². The first kappa shape index (κ1) is 27.7. The van der Waals surface area contributed by atoms with E-state index in [2.05, 4.69) is 37.0 Å². The number of hydrogen-bond donors (Lipinski definition) is 0. The Kier molecular flexibility index (Phi) is 12.6. The summed E-state index contributed by atoms with van der Waals surface area (Å²) in [5.41, 5.74) is 5.51. The highest BCUT2D eigenvalue weighted by molar-refractivity contribution is 7.98. The van der Waals surface area contributed by atoms with Crippen molar-refractivity contribution >= 4 is 64.1 Å². The Bertz CT molecular complexity index is 851. The second kappa shape index (κ2) is 14.6. The Labute approximate surface area is 216 Å². The van der Waals surface area contributed by atoms with Crippen molar-refractivity contribution in [2.24, 2.45) is 0 Å². The Hall–Kier alpha value is -0.590. The highest BCUT2D eigenvalue weighted by atomic mass is 35.5. The van der Waals surface area contributed by atoms with Gasteiger partial charge in [0, 0.05) is 22.6 Å². The molecule has 0 amide bonds. The summed E-state index contributed by atoms with van der Waals surface area (Å²) in [6.45, 7) is 0. The van der Waals surface area contributed by atoms with Crippen LogP contribution >= 0.6 is 58.5 Å². The van der Waals surface area contributed by atoms with Crippen molar-refractivity contribution in [3.8, 4) is 11.5 Å². The maximum absolute atomic E-state index is 6.65. The van der Waals surface area contributed by atoms with Gasteiger partial charge in [0.05, 0.1) is 24.3 Å². The lowest BCUT2D eigenvalue weighted by Crippen LogP contribution is -1.98. The van der Waals surface area contributed by atoms with Crippen LogP contribution in [-0.4, -0.2) is 38.7 Å². The highest BCUT2D eigenvalue weighted by Crippen LogP contribution is 2.39. The van der Waals surface area contributed by atoms with Gasteiger partial charge in [-0.15, -0.1) is 0 Å². The number of unbranched alkanes of at least 4 members (excludes halogenated alkanes) is 2. The molecule has 0 aromatic heterocycles. The van der Waals surface area contributed by atoms with Crippen molar-refractivity contribution < 1.29 is 9.47 Å². The van der Waals surface area contributed by atoms with Gasteiger partial charge in [0.2, 0.25) is 0 Å². The fourth-order valence-corrected chi connectivity index (χ4v) is 5.81. The molecule has 0 saturated heterocycles. The second-order valence-electron chi connectivity index (χ2n) is 7.27. The molecule has 0 atom stereocenters. The number of allylic oxidation sites excluding steroid dienone is 1. The Morgan fingerprint density at radius 2 is 1.28 bits per heavy atom. The Morgan fingerprint density at radius 3 is 1.69 bits per heavy atom. The first-order chi connectivity index (χ1) is 15.5. The maximum atomic E-state index is 6.65. The molecule has 0 spiro atoms. The maximum Gasteiger partial charge on any atom is 0.141 e. The average Bonchev–Trinajstić information content (AvgIpc) is 2.76. The van der Waals surface area contributed by atoms with Crippen molar-refractivity contribution in [1.82, 2.24) is 0 Å². The predicted molar refractivity (Wildman–Crippen MR) is 150 cm³/mol. The quantitative estimate of drug-likeness (QED) is 0.240. The van der Waals surface area contributed by atoms with E-state index in [0.717, 1.165) is 63.7 Å². The van der Waals surface area contributed by atoms with Crippen molar-refractivity contribution in [3.63, 3.8) is 0 Å². The van der Waals surface area contributed by atoms with E-state index in [0.29, 0.717) is 10.0 Å². The number of hydrogen-bond acceptors (Lipinski definition) is 5. The van der Waals surface area contributed by atoms with Crippen molar-refractivity contribution in [2.75, 3.05) is 38.7 Å². The van der Waals surface area contributed by atoms with Crippen LogP contribution in [0.25, 0.3) is 5.57 Å². The van der Waals surface area contributed by atoms with E-state index in [4.69, 9.17) is 32.7 Å². The van der Waals surface area contributed by atoms with Crippen molar-refractivity contribution in [3.05, 3.63) is 62.6 Å². The third-order valence-electron chi connectivity index (χ3n) is 5.02. The molecular formula is C25H32Cl2O2S3. The van der Waals surface area contributed by atoms with Gasteiger partial charge < -0.3 is 9.47 Å². The molecule has 176 valence electrons. The number of rotatable bonds is 13. The van der Waals surface area contributed by atoms with Crippen LogP contribution < -0.4 is 9.47 Å². The topological polar surface area (TPSA) is 18.5 Å². The summed E-state index contributed by atoms with van der Waals surface area (Å²) in [7, 11) is 3.34. The van der Waals surface area contributed by atoms with Crippen LogP contribution in [0.5, 0.6) is 11.5 Å². The molecule has 0 N–H and O–H groups in total. The van der Waals surface area contributed by atoms with E-state index < -0.39 is 0 Å². The van der Waals surface area contributed by atoms with Gasteiger partial charge in [-0.25, -0.2) is 0 Å². The van der Waals surface area contributed by atoms with Gasteiger partial charge in [0.1, 0.15) is 11.5 Å². The van der Waals surface area contributed by atoms with Gasteiger partial charge in [-0.2, -0.15) is 35.3 Å². The van der Waals surface area contributed by atoms with E-state index in [1.807, 2.05) is 23.9 Å². The molecule has 0 heterocycles. The average molecular weight is 532 g/mol. The molecule has 2 nitrogen and oxygen atoms in total. The van der Waals surface area contributed by atoms with Crippen LogP contribution in [-0.2, 0) is 11.5 Å². The Morgan fingerprint density at radius 1 is 0.781 bits per heavy atom. The molecule has 0 fully saturated rings. The molecule has 2 aromatic carbocycles. The van der Waals surface area contributed by atoms with E-state index in [-0.39, 0.29) is 0 Å². The Balaban J connectivity index is 2.61. The number of thioether (sulfide) groups is 3. The van der Waals surface area contributed by atoms with Gasteiger partial charge in [0.25, 0.3) is 0 Å². The van der Waals surface area contributed by atoms with Crippen LogP contribution in [0.2, 0.25) is 10.0 Å². The molecular weight excluding hydrogens is 499 g/mol. The van der Waals surface area contributed by atoms with E-state index in [1.54, 1.807) is 37.7 Å². The van der Waals surface area contributed by atoms with Crippen LogP contribution in [0.1, 0.15) is 41.5 Å². The van der Waals surface area contributed by atoms with Crippen LogP contribution in [0.4, 0.5) is 0 Å². The zero-order valence-corrected chi connectivity index (χ0v) is 23.4. The van der Waals surface area contributed by atoms with Gasteiger partial charge in [-0.1, -0.05) is 29.3 Å². The largest absolute Gasteiger partial charge is 0.495 e. The molecule has 0 aliphatic heterocycles. The standard InChI is InChI=1S/C25H32Cl2O2S3/c1-28-24-19(15-31-4)11-17(13-22(24)26)21(9-7-6-8-10-30-3)18-12-20(16-32-5)25(29-2)23(27)14-18/h9,11-14H,6-8,10,15-16H2,1-5H3. The minimum Gasteiger partial charge on any atom is -0.495 e.